The quantitative estimate of drug-likeness (QED) is 0.525. The number of anilines is 1. The molecule has 1 aromatic carbocycles. The zero-order valence-electron chi connectivity index (χ0n) is 16.2. The molecular formula is C21H18F3N5O. The van der Waals surface area contributed by atoms with Crippen molar-refractivity contribution in [1.82, 2.24) is 19.4 Å². The summed E-state index contributed by atoms with van der Waals surface area (Å²) in [6.45, 7) is 3.28. The lowest BCUT2D eigenvalue weighted by atomic mass is 9.99. The molecule has 30 heavy (non-hydrogen) atoms. The molecule has 0 fully saturated rings. The van der Waals surface area contributed by atoms with E-state index in [-0.39, 0.29) is 5.91 Å². The number of halogens is 3. The van der Waals surface area contributed by atoms with Crippen molar-refractivity contribution >= 4 is 17.1 Å². The minimum Gasteiger partial charge on any atom is -0.322 e. The van der Waals surface area contributed by atoms with Gasteiger partial charge in [-0.25, -0.2) is 17.7 Å². The lowest BCUT2D eigenvalue weighted by Crippen LogP contribution is -2.13. The largest absolute Gasteiger partial charge is 0.322 e. The Morgan fingerprint density at radius 2 is 1.90 bits per heavy atom. The van der Waals surface area contributed by atoms with Crippen LogP contribution in [0.1, 0.15) is 21.5 Å². The van der Waals surface area contributed by atoms with Gasteiger partial charge in [0.05, 0.1) is 29.7 Å². The standard InChI is InChI=1S/C21H18F3N5O/c1-12-5-13(2)18(6-16(12)14-7-25-28(9-14)11-20(23)24)27-21(30)17-8-26-29-10-15(22)3-4-19(17)29/h3-10,20H,11H2,1-2H3,(H,27,30). The third-order valence-electron chi connectivity index (χ3n) is 4.81. The number of nitrogens with zero attached hydrogens (tertiary/aromatic N) is 4. The first-order chi connectivity index (χ1) is 14.3. The van der Waals surface area contributed by atoms with Gasteiger partial charge in [-0.1, -0.05) is 6.07 Å². The van der Waals surface area contributed by atoms with E-state index < -0.39 is 18.8 Å². The second-order valence-corrected chi connectivity index (χ2v) is 7.01. The van der Waals surface area contributed by atoms with Gasteiger partial charge >= 0.3 is 0 Å². The Morgan fingerprint density at radius 1 is 1.10 bits per heavy atom. The molecule has 1 N–H and O–H groups in total. The van der Waals surface area contributed by atoms with E-state index >= 15 is 0 Å². The summed E-state index contributed by atoms with van der Waals surface area (Å²) in [6, 6.07) is 6.45. The molecule has 4 rings (SSSR count). The van der Waals surface area contributed by atoms with Gasteiger partial charge in [0.1, 0.15) is 12.4 Å². The summed E-state index contributed by atoms with van der Waals surface area (Å²) < 4.78 is 41.1. The highest BCUT2D eigenvalue weighted by atomic mass is 19.3. The molecule has 154 valence electrons. The SMILES string of the molecule is Cc1cc(C)c(-c2cnn(CC(F)F)c2)cc1NC(=O)c1cnn2cc(F)ccc12. The highest BCUT2D eigenvalue weighted by molar-refractivity contribution is 6.09. The molecule has 1 amide bonds. The van der Waals surface area contributed by atoms with Crippen molar-refractivity contribution in [3.05, 3.63) is 71.6 Å². The van der Waals surface area contributed by atoms with E-state index in [0.717, 1.165) is 16.7 Å². The second kappa shape index (κ2) is 7.66. The van der Waals surface area contributed by atoms with Crippen LogP contribution in [0.3, 0.4) is 0 Å². The third-order valence-corrected chi connectivity index (χ3v) is 4.81. The number of rotatable bonds is 5. The number of benzene rings is 1. The van der Waals surface area contributed by atoms with Gasteiger partial charge in [-0.2, -0.15) is 10.2 Å². The van der Waals surface area contributed by atoms with Gasteiger partial charge in [-0.05, 0) is 48.7 Å². The Hall–Kier alpha value is -3.62. The van der Waals surface area contributed by atoms with E-state index in [1.54, 1.807) is 12.3 Å². The number of fused-ring (bicyclic) bond motifs is 1. The Labute approximate surface area is 169 Å². The maximum atomic E-state index is 13.4. The van der Waals surface area contributed by atoms with E-state index in [1.807, 2.05) is 19.9 Å². The van der Waals surface area contributed by atoms with Crippen LogP contribution in [0.4, 0.5) is 18.9 Å². The van der Waals surface area contributed by atoms with E-state index in [2.05, 4.69) is 15.5 Å². The highest BCUT2D eigenvalue weighted by Gasteiger charge is 2.16. The number of pyridine rings is 1. The number of hydrogen-bond acceptors (Lipinski definition) is 3. The predicted molar refractivity (Wildman–Crippen MR) is 106 cm³/mol. The van der Waals surface area contributed by atoms with Gasteiger partial charge in [-0.3, -0.25) is 9.48 Å². The fourth-order valence-corrected chi connectivity index (χ4v) is 3.37. The fraction of sp³-hybridized carbons (Fsp3) is 0.190. The number of hydrogen-bond donors (Lipinski definition) is 1. The van der Waals surface area contributed by atoms with Crippen molar-refractivity contribution in [3.8, 4) is 11.1 Å². The van der Waals surface area contributed by atoms with Crippen molar-refractivity contribution in [1.29, 1.82) is 0 Å². The molecule has 3 aromatic heterocycles. The average molecular weight is 413 g/mol. The van der Waals surface area contributed by atoms with Gasteiger partial charge in [-0.15, -0.1) is 0 Å². The van der Waals surface area contributed by atoms with Crippen molar-refractivity contribution in [2.75, 3.05) is 5.32 Å². The third kappa shape index (κ3) is 3.78. The van der Waals surface area contributed by atoms with Crippen molar-refractivity contribution < 1.29 is 18.0 Å². The molecule has 0 radical (unpaired) electrons. The number of aromatic nitrogens is 4. The van der Waals surface area contributed by atoms with Crippen LogP contribution in [0.15, 0.2) is 49.1 Å². The molecule has 4 aromatic rings. The van der Waals surface area contributed by atoms with Gasteiger partial charge in [0.15, 0.2) is 0 Å². The Balaban J connectivity index is 1.65. The zero-order chi connectivity index (χ0) is 21.4. The second-order valence-electron chi connectivity index (χ2n) is 7.01. The van der Waals surface area contributed by atoms with Gasteiger partial charge in [0.25, 0.3) is 12.3 Å². The van der Waals surface area contributed by atoms with E-state index in [0.29, 0.717) is 22.3 Å². The van der Waals surface area contributed by atoms with Crippen molar-refractivity contribution in [2.45, 2.75) is 26.8 Å². The normalized spacial score (nSPS) is 11.4. The van der Waals surface area contributed by atoms with Crippen LogP contribution in [0.2, 0.25) is 0 Å². The molecule has 0 aliphatic carbocycles. The van der Waals surface area contributed by atoms with Crippen LogP contribution in [-0.4, -0.2) is 31.7 Å². The van der Waals surface area contributed by atoms with E-state index in [9.17, 15) is 18.0 Å². The summed E-state index contributed by atoms with van der Waals surface area (Å²) in [5.41, 5.74) is 4.58. The van der Waals surface area contributed by atoms with Crippen molar-refractivity contribution in [2.24, 2.45) is 0 Å². The fourth-order valence-electron chi connectivity index (χ4n) is 3.37. The van der Waals surface area contributed by atoms with E-state index in [1.165, 1.54) is 39.9 Å². The summed E-state index contributed by atoms with van der Waals surface area (Å²) in [6.07, 6.45) is 3.15. The van der Waals surface area contributed by atoms with Crippen LogP contribution in [0.5, 0.6) is 0 Å². The van der Waals surface area contributed by atoms with Crippen LogP contribution in [0, 0.1) is 19.7 Å². The smallest absolute Gasteiger partial charge is 0.259 e. The Morgan fingerprint density at radius 3 is 2.67 bits per heavy atom. The summed E-state index contributed by atoms with van der Waals surface area (Å²) in [7, 11) is 0. The van der Waals surface area contributed by atoms with Crippen LogP contribution in [0.25, 0.3) is 16.6 Å². The minimum absolute atomic E-state index is 0.307. The molecule has 0 spiro atoms. The van der Waals surface area contributed by atoms with Crippen LogP contribution >= 0.6 is 0 Å². The molecule has 0 aliphatic rings. The molecule has 9 heteroatoms. The Bertz CT molecular complexity index is 1240. The first-order valence-corrected chi connectivity index (χ1v) is 9.18. The monoisotopic (exact) mass is 413 g/mol. The highest BCUT2D eigenvalue weighted by Crippen LogP contribution is 2.29. The number of nitrogens with one attached hydrogen (secondary N) is 1. The predicted octanol–water partition coefficient (Wildman–Crippen LogP) is 4.47. The summed E-state index contributed by atoms with van der Waals surface area (Å²) in [5, 5.41) is 10.9. The first kappa shape index (κ1) is 19.7. The lowest BCUT2D eigenvalue weighted by Gasteiger charge is -2.12. The van der Waals surface area contributed by atoms with Crippen LogP contribution < -0.4 is 5.32 Å². The summed E-state index contributed by atoms with van der Waals surface area (Å²) >= 11 is 0. The molecule has 0 unspecified atom stereocenters. The number of alkyl halides is 2. The molecule has 0 saturated heterocycles. The first-order valence-electron chi connectivity index (χ1n) is 9.18. The number of aryl methyl sites for hydroxylation is 2. The number of carbonyl (C=O) groups is 1. The van der Waals surface area contributed by atoms with Crippen molar-refractivity contribution in [3.63, 3.8) is 0 Å². The Kier molecular flexibility index (Phi) is 5.03. The van der Waals surface area contributed by atoms with Gasteiger partial charge < -0.3 is 5.32 Å². The summed E-state index contributed by atoms with van der Waals surface area (Å²) in [5.74, 6) is -0.841. The maximum Gasteiger partial charge on any atom is 0.259 e. The van der Waals surface area contributed by atoms with Gasteiger partial charge in [0, 0.05) is 17.4 Å². The molecule has 0 aliphatic heterocycles. The molecule has 0 atom stereocenters. The number of carbonyl (C=O) groups excluding carboxylic acids is 1. The maximum absolute atomic E-state index is 13.4. The minimum atomic E-state index is -2.49. The lowest BCUT2D eigenvalue weighted by molar-refractivity contribution is 0.102. The van der Waals surface area contributed by atoms with Crippen LogP contribution in [-0.2, 0) is 6.54 Å². The van der Waals surface area contributed by atoms with Gasteiger partial charge in [0.2, 0.25) is 0 Å². The molecular weight excluding hydrogens is 395 g/mol. The summed E-state index contributed by atoms with van der Waals surface area (Å²) in [4.78, 5) is 12.8. The molecule has 3 heterocycles. The van der Waals surface area contributed by atoms with E-state index in [4.69, 9.17) is 0 Å². The zero-order valence-corrected chi connectivity index (χ0v) is 16.2. The topological polar surface area (TPSA) is 64.2 Å². The number of amides is 1. The molecule has 0 bridgehead atoms. The average Bonchev–Trinajstić information content (AvgIpc) is 3.30. The molecule has 6 nitrogen and oxygen atoms in total. The molecule has 0 saturated carbocycles.